The molecule has 3 heterocycles. The van der Waals surface area contributed by atoms with Crippen LogP contribution in [-0.2, 0) is 16.6 Å². The number of ether oxygens (including phenoxy) is 3. The maximum absolute atomic E-state index is 14.0. The molecule has 0 N–H and O–H groups in total. The third-order valence-electron chi connectivity index (χ3n) is 6.53. The van der Waals surface area contributed by atoms with Gasteiger partial charge in [-0.15, -0.1) is 0 Å². The molecular formula is C28H26BrN3O5S. The minimum Gasteiger partial charge on any atom is -0.493 e. The Morgan fingerprint density at radius 3 is 2.61 bits per heavy atom. The van der Waals surface area contributed by atoms with Crippen LogP contribution >= 0.6 is 27.3 Å². The molecule has 0 bridgehead atoms. The molecule has 0 aliphatic carbocycles. The first-order chi connectivity index (χ1) is 18.3. The number of carbonyl (C=O) groups is 1. The van der Waals surface area contributed by atoms with Crippen molar-refractivity contribution in [1.82, 2.24) is 9.13 Å². The number of thiazole rings is 1. The molecular weight excluding hydrogens is 570 g/mol. The standard InChI is InChI=1S/C28H26BrN3O5S/c1-6-37-27(34)24-15(2)30-28-32(25(24)18-12-21(35-4)22(36-5)13-19(18)29)26(33)23(38-28)11-16-14-31(3)20-10-8-7-9-17(16)20/h7-14,25H,6H2,1-5H3/b23-11+. The fraction of sp³-hybridized carbons (Fsp3) is 0.250. The minimum atomic E-state index is -0.783. The van der Waals surface area contributed by atoms with Gasteiger partial charge in [0.1, 0.15) is 0 Å². The third-order valence-corrected chi connectivity index (χ3v) is 8.20. The molecule has 1 aliphatic rings. The van der Waals surface area contributed by atoms with Crippen molar-refractivity contribution >= 4 is 50.2 Å². The smallest absolute Gasteiger partial charge is 0.338 e. The summed E-state index contributed by atoms with van der Waals surface area (Å²) in [5.74, 6) is 0.468. The van der Waals surface area contributed by atoms with Crippen LogP contribution in [0, 0.1) is 0 Å². The number of carbonyl (C=O) groups excluding carboxylic acids is 1. The van der Waals surface area contributed by atoms with Crippen molar-refractivity contribution in [3.63, 3.8) is 0 Å². The number of benzene rings is 2. The largest absolute Gasteiger partial charge is 0.493 e. The average Bonchev–Trinajstić information content (AvgIpc) is 3.38. The summed E-state index contributed by atoms with van der Waals surface area (Å²) in [5.41, 5.74) is 3.19. The number of hydrogen-bond donors (Lipinski definition) is 0. The number of allylic oxidation sites excluding steroid dienone is 1. The molecule has 0 radical (unpaired) electrons. The topological polar surface area (TPSA) is 84.1 Å². The minimum absolute atomic E-state index is 0.195. The Labute approximate surface area is 231 Å². The Balaban J connectivity index is 1.79. The third kappa shape index (κ3) is 4.27. The van der Waals surface area contributed by atoms with E-state index >= 15 is 0 Å². The van der Waals surface area contributed by atoms with Crippen LogP contribution in [-0.4, -0.2) is 35.9 Å². The molecule has 0 spiro atoms. The number of hydrogen-bond acceptors (Lipinski definition) is 7. The van der Waals surface area contributed by atoms with Crippen LogP contribution in [0.3, 0.4) is 0 Å². The van der Waals surface area contributed by atoms with Gasteiger partial charge in [0.2, 0.25) is 0 Å². The van der Waals surface area contributed by atoms with Crippen LogP contribution < -0.4 is 24.4 Å². The maximum Gasteiger partial charge on any atom is 0.338 e. The second-order valence-corrected chi connectivity index (χ2v) is 10.6. The lowest BCUT2D eigenvalue weighted by Gasteiger charge is -2.26. The molecule has 0 fully saturated rings. The van der Waals surface area contributed by atoms with E-state index in [0.29, 0.717) is 42.1 Å². The number of rotatable bonds is 6. The highest BCUT2D eigenvalue weighted by Gasteiger charge is 2.35. The second kappa shape index (κ2) is 10.3. The molecule has 1 aliphatic heterocycles. The molecule has 0 amide bonds. The lowest BCUT2D eigenvalue weighted by atomic mass is 9.95. The predicted molar refractivity (Wildman–Crippen MR) is 151 cm³/mol. The summed E-state index contributed by atoms with van der Waals surface area (Å²) in [6.07, 6.45) is 3.89. The van der Waals surface area contributed by atoms with Gasteiger partial charge in [0.25, 0.3) is 5.56 Å². The van der Waals surface area contributed by atoms with Crippen LogP contribution in [0.2, 0.25) is 0 Å². The molecule has 4 aromatic rings. The molecule has 196 valence electrons. The number of methoxy groups -OCH3 is 2. The van der Waals surface area contributed by atoms with Crippen molar-refractivity contribution in [3.05, 3.63) is 89.2 Å². The lowest BCUT2D eigenvalue weighted by Crippen LogP contribution is -2.40. The number of para-hydroxylation sites is 1. The van der Waals surface area contributed by atoms with E-state index in [1.54, 1.807) is 44.8 Å². The Kier molecular flexibility index (Phi) is 7.02. The lowest BCUT2D eigenvalue weighted by molar-refractivity contribution is -0.139. The van der Waals surface area contributed by atoms with Crippen molar-refractivity contribution in [2.24, 2.45) is 12.0 Å². The van der Waals surface area contributed by atoms with Gasteiger partial charge in [-0.1, -0.05) is 45.5 Å². The van der Waals surface area contributed by atoms with Gasteiger partial charge in [-0.2, -0.15) is 0 Å². The van der Waals surface area contributed by atoms with E-state index in [-0.39, 0.29) is 12.2 Å². The summed E-state index contributed by atoms with van der Waals surface area (Å²) in [4.78, 5) is 32.4. The van der Waals surface area contributed by atoms with Gasteiger partial charge in [-0.3, -0.25) is 9.36 Å². The average molecular weight is 597 g/mol. The number of nitrogens with zero attached hydrogens (tertiary/aromatic N) is 3. The number of aryl methyl sites for hydroxylation is 1. The first-order valence-electron chi connectivity index (χ1n) is 11.9. The Bertz CT molecular complexity index is 1800. The van der Waals surface area contributed by atoms with Crippen molar-refractivity contribution in [3.8, 4) is 11.5 Å². The summed E-state index contributed by atoms with van der Waals surface area (Å²) in [6, 6.07) is 10.8. The molecule has 10 heteroatoms. The molecule has 0 saturated carbocycles. The first-order valence-corrected chi connectivity index (χ1v) is 13.5. The Hall–Kier alpha value is -3.63. The SMILES string of the molecule is CCOC(=O)C1=C(C)N=c2s/c(=C/c3cn(C)c4ccccc34)c(=O)n2C1c1cc(OC)c(OC)cc1Br. The molecule has 5 rings (SSSR count). The quantitative estimate of drug-likeness (QED) is 0.314. The van der Waals surface area contributed by atoms with E-state index in [1.807, 2.05) is 48.2 Å². The van der Waals surface area contributed by atoms with Gasteiger partial charge in [-0.05, 0) is 43.7 Å². The molecule has 0 saturated heterocycles. The zero-order valence-corrected chi connectivity index (χ0v) is 24.0. The molecule has 1 atom stereocenters. The van der Waals surface area contributed by atoms with Gasteiger partial charge < -0.3 is 18.8 Å². The van der Waals surface area contributed by atoms with E-state index < -0.39 is 12.0 Å². The van der Waals surface area contributed by atoms with Gasteiger partial charge in [0.15, 0.2) is 16.3 Å². The van der Waals surface area contributed by atoms with Crippen molar-refractivity contribution < 1.29 is 19.0 Å². The highest BCUT2D eigenvalue weighted by Crippen LogP contribution is 2.40. The van der Waals surface area contributed by atoms with Crippen LogP contribution in [0.5, 0.6) is 11.5 Å². The number of esters is 1. The van der Waals surface area contributed by atoms with E-state index in [1.165, 1.54) is 11.3 Å². The van der Waals surface area contributed by atoms with Crippen LogP contribution in [0.4, 0.5) is 0 Å². The highest BCUT2D eigenvalue weighted by molar-refractivity contribution is 9.10. The van der Waals surface area contributed by atoms with E-state index in [4.69, 9.17) is 14.2 Å². The fourth-order valence-electron chi connectivity index (χ4n) is 4.79. The molecule has 8 nitrogen and oxygen atoms in total. The zero-order valence-electron chi connectivity index (χ0n) is 21.6. The highest BCUT2D eigenvalue weighted by atomic mass is 79.9. The van der Waals surface area contributed by atoms with Crippen molar-refractivity contribution in [1.29, 1.82) is 0 Å². The summed E-state index contributed by atoms with van der Waals surface area (Å²) in [6.45, 7) is 3.70. The number of aromatic nitrogens is 2. The van der Waals surface area contributed by atoms with Crippen LogP contribution in [0.25, 0.3) is 17.0 Å². The molecule has 38 heavy (non-hydrogen) atoms. The first kappa shape index (κ1) is 26.0. The van der Waals surface area contributed by atoms with Gasteiger partial charge in [-0.25, -0.2) is 9.79 Å². The summed E-state index contributed by atoms with van der Waals surface area (Å²) < 4.78 is 21.2. The number of fused-ring (bicyclic) bond motifs is 2. The summed E-state index contributed by atoms with van der Waals surface area (Å²) in [5, 5.41) is 1.04. The molecule has 2 aromatic heterocycles. The normalized spacial score (nSPS) is 15.4. The van der Waals surface area contributed by atoms with E-state index in [0.717, 1.165) is 16.5 Å². The molecule has 1 unspecified atom stereocenters. The number of halogens is 1. The fourth-order valence-corrected chi connectivity index (χ4v) is 6.37. The van der Waals surface area contributed by atoms with Gasteiger partial charge in [0.05, 0.1) is 42.7 Å². The van der Waals surface area contributed by atoms with E-state index in [2.05, 4.69) is 20.9 Å². The van der Waals surface area contributed by atoms with Crippen molar-refractivity contribution in [2.45, 2.75) is 19.9 Å². The van der Waals surface area contributed by atoms with Gasteiger partial charge >= 0.3 is 5.97 Å². The van der Waals surface area contributed by atoms with Crippen LogP contribution in [0.1, 0.15) is 31.0 Å². The second-order valence-electron chi connectivity index (χ2n) is 8.74. The monoisotopic (exact) mass is 595 g/mol. The molecule has 2 aromatic carbocycles. The zero-order chi connectivity index (χ0) is 27.1. The van der Waals surface area contributed by atoms with E-state index in [9.17, 15) is 9.59 Å². The van der Waals surface area contributed by atoms with Crippen molar-refractivity contribution in [2.75, 3.05) is 20.8 Å². The Morgan fingerprint density at radius 2 is 1.89 bits per heavy atom. The predicted octanol–water partition coefficient (Wildman–Crippen LogP) is 4.07. The maximum atomic E-state index is 14.0. The van der Waals surface area contributed by atoms with Gasteiger partial charge in [0, 0.05) is 34.2 Å². The van der Waals surface area contributed by atoms with Crippen LogP contribution in [0.15, 0.2) is 68.1 Å². The Morgan fingerprint density at radius 1 is 1.18 bits per heavy atom. The summed E-state index contributed by atoms with van der Waals surface area (Å²) >= 11 is 4.91. The summed E-state index contributed by atoms with van der Waals surface area (Å²) in [7, 11) is 5.07.